The van der Waals surface area contributed by atoms with E-state index >= 15 is 0 Å². The van der Waals surface area contributed by atoms with Gasteiger partial charge < -0.3 is 10.2 Å². The van der Waals surface area contributed by atoms with Crippen molar-refractivity contribution in [3.8, 4) is 6.07 Å². The fraction of sp³-hybridized carbons (Fsp3) is 0.417. The van der Waals surface area contributed by atoms with Crippen LogP contribution in [0.2, 0.25) is 5.02 Å². The Morgan fingerprint density at radius 2 is 2.38 bits per heavy atom. The topological polar surface area (TPSA) is 39.1 Å². The number of rotatable bonds is 1. The molecule has 84 valence electrons. The van der Waals surface area contributed by atoms with Gasteiger partial charge in [0.2, 0.25) is 0 Å². The van der Waals surface area contributed by atoms with Crippen molar-refractivity contribution in [2.24, 2.45) is 0 Å². The Morgan fingerprint density at radius 3 is 3.06 bits per heavy atom. The summed E-state index contributed by atoms with van der Waals surface area (Å²) in [6.45, 7) is 4.91. The summed E-state index contributed by atoms with van der Waals surface area (Å²) < 4.78 is 0. The molecule has 0 aliphatic carbocycles. The maximum Gasteiger partial charge on any atom is 0.103 e. The van der Waals surface area contributed by atoms with Crippen LogP contribution < -0.4 is 10.2 Å². The molecule has 1 fully saturated rings. The third kappa shape index (κ3) is 2.13. The first kappa shape index (κ1) is 11.3. The highest BCUT2D eigenvalue weighted by atomic mass is 35.5. The minimum Gasteiger partial charge on any atom is -0.368 e. The van der Waals surface area contributed by atoms with Crippen LogP contribution in [0.1, 0.15) is 12.5 Å². The van der Waals surface area contributed by atoms with Crippen LogP contribution in [-0.2, 0) is 0 Å². The molecule has 0 saturated carbocycles. The van der Waals surface area contributed by atoms with Gasteiger partial charge in [-0.3, -0.25) is 0 Å². The van der Waals surface area contributed by atoms with Crippen LogP contribution in [0.3, 0.4) is 0 Å². The van der Waals surface area contributed by atoms with Gasteiger partial charge in [-0.05, 0) is 19.1 Å². The lowest BCUT2D eigenvalue weighted by atomic mass is 10.1. The fourth-order valence-corrected chi connectivity index (χ4v) is 2.25. The van der Waals surface area contributed by atoms with Crippen molar-refractivity contribution in [3.63, 3.8) is 0 Å². The average molecular weight is 236 g/mol. The van der Waals surface area contributed by atoms with Crippen LogP contribution in [0, 0.1) is 11.3 Å². The highest BCUT2D eigenvalue weighted by molar-refractivity contribution is 6.32. The van der Waals surface area contributed by atoms with E-state index in [1.54, 1.807) is 6.07 Å². The molecule has 2 rings (SSSR count). The highest BCUT2D eigenvalue weighted by Crippen LogP contribution is 2.27. The molecular weight excluding hydrogens is 222 g/mol. The number of halogens is 1. The molecule has 1 saturated heterocycles. The molecule has 1 aliphatic heterocycles. The molecular formula is C12H14ClN3. The molecule has 1 aliphatic rings. The third-order valence-electron chi connectivity index (χ3n) is 2.81. The lowest BCUT2D eigenvalue weighted by Crippen LogP contribution is -2.49. The maximum absolute atomic E-state index is 9.12. The number of hydrogen-bond acceptors (Lipinski definition) is 3. The molecule has 0 bridgehead atoms. The summed E-state index contributed by atoms with van der Waals surface area (Å²) in [7, 11) is 0. The molecule has 1 N–H and O–H groups in total. The first-order valence-corrected chi connectivity index (χ1v) is 5.77. The predicted octanol–water partition coefficient (Wildman–Crippen LogP) is 2.01. The van der Waals surface area contributed by atoms with Gasteiger partial charge in [0.25, 0.3) is 0 Å². The van der Waals surface area contributed by atoms with E-state index in [1.807, 2.05) is 12.1 Å². The van der Waals surface area contributed by atoms with Crippen LogP contribution in [0.25, 0.3) is 0 Å². The van der Waals surface area contributed by atoms with E-state index in [-0.39, 0.29) is 0 Å². The smallest absolute Gasteiger partial charge is 0.103 e. The number of piperazine rings is 1. The Morgan fingerprint density at radius 1 is 1.56 bits per heavy atom. The standard InChI is InChI=1S/C12H14ClN3/c1-9-8-16(6-5-15-9)12-4-2-3-11(13)10(12)7-14/h2-4,9,15H,5-6,8H2,1H3. The lowest BCUT2D eigenvalue weighted by Gasteiger charge is -2.34. The molecule has 0 radical (unpaired) electrons. The summed E-state index contributed by atoms with van der Waals surface area (Å²) in [6, 6.07) is 8.24. The van der Waals surface area contributed by atoms with Crippen molar-refractivity contribution in [1.29, 1.82) is 5.26 Å². The Balaban J connectivity index is 2.33. The molecule has 3 nitrogen and oxygen atoms in total. The molecule has 1 heterocycles. The summed E-state index contributed by atoms with van der Waals surface area (Å²) in [5.41, 5.74) is 1.53. The van der Waals surface area contributed by atoms with Crippen LogP contribution in [0.4, 0.5) is 5.69 Å². The third-order valence-corrected chi connectivity index (χ3v) is 3.13. The van der Waals surface area contributed by atoms with Crippen LogP contribution in [-0.4, -0.2) is 25.7 Å². The van der Waals surface area contributed by atoms with Crippen LogP contribution in [0.15, 0.2) is 18.2 Å². The Bertz CT molecular complexity index is 425. The van der Waals surface area contributed by atoms with E-state index in [4.69, 9.17) is 16.9 Å². The van der Waals surface area contributed by atoms with E-state index in [9.17, 15) is 0 Å². The van der Waals surface area contributed by atoms with E-state index in [0.29, 0.717) is 16.6 Å². The second kappa shape index (κ2) is 4.73. The largest absolute Gasteiger partial charge is 0.368 e. The molecule has 1 unspecified atom stereocenters. The van der Waals surface area contributed by atoms with Crippen LogP contribution >= 0.6 is 11.6 Å². The first-order chi connectivity index (χ1) is 7.72. The van der Waals surface area contributed by atoms with Gasteiger partial charge >= 0.3 is 0 Å². The van der Waals surface area contributed by atoms with Gasteiger partial charge in [0.15, 0.2) is 0 Å². The molecule has 16 heavy (non-hydrogen) atoms. The first-order valence-electron chi connectivity index (χ1n) is 5.39. The number of nitrogens with zero attached hydrogens (tertiary/aromatic N) is 2. The summed E-state index contributed by atoms with van der Waals surface area (Å²) in [4.78, 5) is 2.21. The number of nitriles is 1. The van der Waals surface area contributed by atoms with E-state index < -0.39 is 0 Å². The number of benzene rings is 1. The lowest BCUT2D eigenvalue weighted by molar-refractivity contribution is 0.484. The molecule has 1 atom stereocenters. The van der Waals surface area contributed by atoms with Crippen molar-refractivity contribution in [3.05, 3.63) is 28.8 Å². The second-order valence-corrected chi connectivity index (χ2v) is 4.45. The summed E-state index contributed by atoms with van der Waals surface area (Å²) in [5.74, 6) is 0. The normalized spacial score (nSPS) is 20.6. The van der Waals surface area contributed by atoms with Gasteiger partial charge in [0.05, 0.1) is 16.3 Å². The highest BCUT2D eigenvalue weighted by Gasteiger charge is 2.19. The van der Waals surface area contributed by atoms with Gasteiger partial charge in [0, 0.05) is 25.7 Å². The zero-order valence-electron chi connectivity index (χ0n) is 9.20. The summed E-state index contributed by atoms with van der Waals surface area (Å²) in [6.07, 6.45) is 0. The SMILES string of the molecule is CC1CN(c2cccc(Cl)c2C#N)CCN1. The number of anilines is 1. The maximum atomic E-state index is 9.12. The van der Waals surface area contributed by atoms with E-state index in [1.165, 1.54) is 0 Å². The monoisotopic (exact) mass is 235 g/mol. The van der Waals surface area contributed by atoms with Gasteiger partial charge in [-0.15, -0.1) is 0 Å². The van der Waals surface area contributed by atoms with Gasteiger partial charge in [-0.2, -0.15) is 5.26 Å². The fourth-order valence-electron chi connectivity index (χ4n) is 2.04. The summed E-state index contributed by atoms with van der Waals surface area (Å²) >= 11 is 6.02. The number of nitrogens with one attached hydrogen (secondary N) is 1. The van der Waals surface area contributed by atoms with Crippen molar-refractivity contribution < 1.29 is 0 Å². The van der Waals surface area contributed by atoms with Crippen molar-refractivity contribution in [2.75, 3.05) is 24.5 Å². The molecule has 1 aromatic carbocycles. The molecule has 1 aromatic rings. The van der Waals surface area contributed by atoms with Crippen molar-refractivity contribution in [1.82, 2.24) is 5.32 Å². The molecule has 0 aromatic heterocycles. The quantitative estimate of drug-likeness (QED) is 0.810. The van der Waals surface area contributed by atoms with Crippen molar-refractivity contribution in [2.45, 2.75) is 13.0 Å². The minimum atomic E-state index is 0.444. The summed E-state index contributed by atoms with van der Waals surface area (Å²) in [5, 5.41) is 13.0. The van der Waals surface area contributed by atoms with Gasteiger partial charge in [0.1, 0.15) is 6.07 Å². The average Bonchev–Trinajstić information content (AvgIpc) is 2.28. The van der Waals surface area contributed by atoms with Crippen molar-refractivity contribution >= 4 is 17.3 Å². The Labute approximate surface area is 101 Å². The zero-order valence-corrected chi connectivity index (χ0v) is 9.96. The molecule has 4 heteroatoms. The Kier molecular flexibility index (Phi) is 3.33. The van der Waals surface area contributed by atoms with E-state index in [2.05, 4.69) is 23.2 Å². The van der Waals surface area contributed by atoms with E-state index in [0.717, 1.165) is 25.3 Å². The molecule has 0 spiro atoms. The molecule has 0 amide bonds. The second-order valence-electron chi connectivity index (χ2n) is 4.05. The van der Waals surface area contributed by atoms with Gasteiger partial charge in [-0.1, -0.05) is 17.7 Å². The van der Waals surface area contributed by atoms with Gasteiger partial charge in [-0.25, -0.2) is 0 Å². The Hall–Kier alpha value is -1.24. The minimum absolute atomic E-state index is 0.444. The zero-order chi connectivity index (χ0) is 11.5. The van der Waals surface area contributed by atoms with Crippen LogP contribution in [0.5, 0.6) is 0 Å². The predicted molar refractivity (Wildman–Crippen MR) is 65.8 cm³/mol. The number of hydrogen-bond donors (Lipinski definition) is 1.